The van der Waals surface area contributed by atoms with Crippen molar-refractivity contribution in [3.8, 4) is 0 Å². The second kappa shape index (κ2) is 81.2. The molecule has 5 atom stereocenters. The molecule has 0 aromatic rings. The standard InChI is InChI=1S/C12H26O4.C12H26O2.C11H24O2.C10H22O2.C9H18O2.C9H20O2.C8H18O2.C7H14O2.C7H16O2/c1-10(2)11(3)12(15-8-6-13-4)16-9-7-14-5;1-6-8-13-12(14-9-7-2)11(5)10(3)4;1-7-12-10(13-8-2)9(3)11(4,5)6;1-6-11-10(12-7-2)9(5)8(3)4;1-3-10-9(11-4-2)7-8-5-6-8;1-5-10-9(11-6-2)7-8(3)4;1-6(2)7(3)8(9-4)10-5;1-8-7(9-2)5-6-3-4-6;1-6(2)5-7(8-3)9-4/h10-12H,6-9H2,1-5H3;10-12H,6-9H2,1-5H3;9-10H,7-8H2,1-6H3;8-10H,6-7H2,1-5H3;8-9H,3-7H2,1-2H3;8-9H,5-7H2,1-4H3;6-8H,1-5H3;6-7H,3-5H2,1-2H3;6-7H,5H2,1-4H3. The number of hydrogen-bond acceptors (Lipinski definition) is 20. The van der Waals surface area contributed by atoms with Gasteiger partial charge in [-0.1, -0.05) is 152 Å². The van der Waals surface area contributed by atoms with Crippen molar-refractivity contribution in [1.82, 2.24) is 0 Å². The summed E-state index contributed by atoms with van der Waals surface area (Å²) in [4.78, 5) is 0. The maximum absolute atomic E-state index is 5.69. The lowest BCUT2D eigenvalue weighted by molar-refractivity contribution is -0.186. The molecule has 2 fully saturated rings. The summed E-state index contributed by atoms with van der Waals surface area (Å²) in [6.45, 7) is 73.5. The lowest BCUT2D eigenvalue weighted by Gasteiger charge is -2.33. The van der Waals surface area contributed by atoms with E-state index >= 15 is 0 Å². The highest BCUT2D eigenvalue weighted by molar-refractivity contribution is 4.75. The summed E-state index contributed by atoms with van der Waals surface area (Å²) < 4.78 is 106. The zero-order valence-electron chi connectivity index (χ0n) is 76.3. The van der Waals surface area contributed by atoms with Crippen LogP contribution in [0.5, 0.6) is 0 Å². The predicted molar refractivity (Wildman–Crippen MR) is 436 cm³/mol. The van der Waals surface area contributed by atoms with Crippen LogP contribution in [0.3, 0.4) is 0 Å². The lowest BCUT2D eigenvalue weighted by Crippen LogP contribution is -2.34. The van der Waals surface area contributed by atoms with E-state index in [1.807, 2.05) is 55.4 Å². The van der Waals surface area contributed by atoms with E-state index in [1.54, 1.807) is 56.9 Å². The van der Waals surface area contributed by atoms with Crippen molar-refractivity contribution in [2.24, 2.45) is 82.3 Å². The summed E-state index contributed by atoms with van der Waals surface area (Å²) in [6.07, 6.45) is 11.5. The molecule has 0 saturated heterocycles. The first kappa shape index (κ1) is 117. The second-order valence-corrected chi connectivity index (χ2v) is 30.3. The molecule has 5 unspecified atom stereocenters. The Kier molecular flexibility index (Phi) is 90.9. The molecule has 2 aliphatic carbocycles. The molecular formula is C85H184O20. The summed E-state index contributed by atoms with van der Waals surface area (Å²) in [5, 5.41) is 0. The van der Waals surface area contributed by atoms with E-state index < -0.39 is 0 Å². The van der Waals surface area contributed by atoms with Gasteiger partial charge in [0.05, 0.1) is 26.4 Å². The molecule has 2 saturated carbocycles. The van der Waals surface area contributed by atoms with Crippen LogP contribution in [0.4, 0.5) is 0 Å². The molecular weight excluding hydrogens is 1340 g/mol. The Morgan fingerprint density at radius 2 is 0.524 bits per heavy atom. The fourth-order valence-electron chi connectivity index (χ4n) is 8.91. The van der Waals surface area contributed by atoms with Crippen LogP contribution in [0.1, 0.15) is 272 Å². The Balaban J connectivity index is -0.000000207. The number of rotatable bonds is 53. The van der Waals surface area contributed by atoms with E-state index in [9.17, 15) is 0 Å². The highest BCUT2D eigenvalue weighted by Gasteiger charge is 2.30. The molecule has 105 heavy (non-hydrogen) atoms. The predicted octanol–water partition coefficient (Wildman–Crippen LogP) is 20.7. The third kappa shape index (κ3) is 76.9. The van der Waals surface area contributed by atoms with E-state index in [0.29, 0.717) is 105 Å². The van der Waals surface area contributed by atoms with Crippen molar-refractivity contribution in [2.45, 2.75) is 329 Å². The van der Waals surface area contributed by atoms with Gasteiger partial charge < -0.3 is 94.7 Å². The Morgan fingerprint density at radius 3 is 0.743 bits per heavy atom. The average Bonchev–Trinajstić information content (AvgIpc) is 1.82. The van der Waals surface area contributed by atoms with Gasteiger partial charge in [0.25, 0.3) is 0 Å². The summed E-state index contributed by atoms with van der Waals surface area (Å²) in [6, 6.07) is 0. The number of methoxy groups -OCH3 is 8. The minimum Gasteiger partial charge on any atom is -0.382 e. The van der Waals surface area contributed by atoms with Crippen LogP contribution in [-0.4, -0.2) is 206 Å². The molecule has 20 nitrogen and oxygen atoms in total. The Hall–Kier alpha value is -0.800. The van der Waals surface area contributed by atoms with Crippen LogP contribution >= 0.6 is 0 Å². The van der Waals surface area contributed by atoms with E-state index in [-0.39, 0.29) is 62.0 Å². The molecule has 0 aromatic carbocycles. The van der Waals surface area contributed by atoms with Crippen LogP contribution in [0, 0.1) is 82.3 Å². The molecule has 0 radical (unpaired) electrons. The maximum Gasteiger partial charge on any atom is 0.160 e. The number of hydrogen-bond donors (Lipinski definition) is 0. The van der Waals surface area contributed by atoms with Gasteiger partial charge in [0.1, 0.15) is 0 Å². The average molecular weight is 1530 g/mol. The molecule has 0 N–H and O–H groups in total. The van der Waals surface area contributed by atoms with Crippen molar-refractivity contribution >= 4 is 0 Å². The highest BCUT2D eigenvalue weighted by atomic mass is 16.7. The third-order valence-electron chi connectivity index (χ3n) is 17.8. The lowest BCUT2D eigenvalue weighted by atomic mass is 9.81. The quantitative estimate of drug-likeness (QED) is 0.0413. The molecule has 0 spiro atoms. The fourth-order valence-corrected chi connectivity index (χ4v) is 8.91. The number of ether oxygens (including phenoxy) is 20. The van der Waals surface area contributed by atoms with Crippen LogP contribution in [0.2, 0.25) is 0 Å². The van der Waals surface area contributed by atoms with Crippen LogP contribution in [0.15, 0.2) is 0 Å². The maximum atomic E-state index is 5.69. The van der Waals surface area contributed by atoms with Crippen molar-refractivity contribution in [3.05, 3.63) is 0 Å². The van der Waals surface area contributed by atoms with E-state index in [2.05, 4.69) is 152 Å². The molecule has 0 bridgehead atoms. The van der Waals surface area contributed by atoms with Crippen molar-refractivity contribution in [3.63, 3.8) is 0 Å². The van der Waals surface area contributed by atoms with Gasteiger partial charge in [-0.15, -0.1) is 0 Å². The monoisotopic (exact) mass is 1530 g/mol. The van der Waals surface area contributed by atoms with Crippen LogP contribution in [-0.2, 0) is 94.7 Å². The first-order chi connectivity index (χ1) is 49.6. The van der Waals surface area contributed by atoms with Gasteiger partial charge in [-0.05, 0) is 147 Å². The van der Waals surface area contributed by atoms with Gasteiger partial charge in [-0.3, -0.25) is 0 Å². The van der Waals surface area contributed by atoms with Crippen molar-refractivity contribution in [1.29, 1.82) is 0 Å². The molecule has 2 rings (SSSR count). The van der Waals surface area contributed by atoms with E-state index in [4.69, 9.17) is 94.7 Å². The zero-order valence-corrected chi connectivity index (χ0v) is 76.3. The molecule has 644 valence electrons. The van der Waals surface area contributed by atoms with Gasteiger partial charge in [-0.25, -0.2) is 0 Å². The minimum atomic E-state index is -0.176. The Labute approximate surface area is 652 Å². The van der Waals surface area contributed by atoms with E-state index in [0.717, 1.165) is 103 Å². The van der Waals surface area contributed by atoms with Crippen molar-refractivity contribution < 1.29 is 94.7 Å². The second-order valence-electron chi connectivity index (χ2n) is 30.3. The highest BCUT2D eigenvalue weighted by Crippen LogP contribution is 2.35. The summed E-state index contributed by atoms with van der Waals surface area (Å²) >= 11 is 0. The summed E-state index contributed by atoms with van der Waals surface area (Å²) in [5.74, 6) is 7.52. The fraction of sp³-hybridized carbons (Fsp3) is 1.00. The third-order valence-corrected chi connectivity index (χ3v) is 17.8. The normalized spacial score (nSPS) is 14.5. The zero-order chi connectivity index (χ0) is 82.3. The molecule has 2 aliphatic rings. The largest absolute Gasteiger partial charge is 0.382 e. The summed E-state index contributed by atoms with van der Waals surface area (Å²) in [7, 11) is 13.4. The molecule has 0 aromatic heterocycles. The van der Waals surface area contributed by atoms with Gasteiger partial charge in [-0.2, -0.15) is 0 Å². The Morgan fingerprint density at radius 1 is 0.267 bits per heavy atom. The van der Waals surface area contributed by atoms with Crippen LogP contribution in [0.25, 0.3) is 0 Å². The van der Waals surface area contributed by atoms with Crippen molar-refractivity contribution in [2.75, 3.05) is 149 Å². The van der Waals surface area contributed by atoms with Gasteiger partial charge >= 0.3 is 0 Å². The first-order valence-electron chi connectivity index (χ1n) is 41.1. The molecule has 20 heteroatoms. The molecule has 0 aliphatic heterocycles. The SMILES string of the molecule is CCCOC(OCCC)C(C)C(C)C.CCOC(CC(C)C)OCC.CCOC(CC1CC1)OCC.CCOC(OCC)C(C)C(C)(C)C.CCOC(OCC)C(C)C(C)C.COC(CC(C)C)OC.COC(CC1CC1)OC.COC(OC)C(C)C(C)C.COCCOC(OCCOC)C(C)C(C)C. The van der Waals surface area contributed by atoms with Gasteiger partial charge in [0, 0.05) is 178 Å². The topological polar surface area (TPSA) is 185 Å². The minimum absolute atomic E-state index is 0.00463. The Bertz CT molecular complexity index is 1550. The van der Waals surface area contributed by atoms with Crippen LogP contribution < -0.4 is 0 Å². The van der Waals surface area contributed by atoms with Gasteiger partial charge in [0.2, 0.25) is 0 Å². The summed E-state index contributed by atoms with van der Waals surface area (Å²) in [5.41, 5.74) is 0.231. The molecule has 0 amide bonds. The smallest absolute Gasteiger partial charge is 0.160 e. The first-order valence-corrected chi connectivity index (χ1v) is 41.1. The van der Waals surface area contributed by atoms with E-state index in [1.165, 1.54) is 25.7 Å². The van der Waals surface area contributed by atoms with Gasteiger partial charge in [0.15, 0.2) is 56.6 Å². The molecule has 0 heterocycles.